The zero-order valence-electron chi connectivity index (χ0n) is 12.9. The van der Waals surface area contributed by atoms with Crippen molar-refractivity contribution in [3.63, 3.8) is 0 Å². The molecule has 22 heavy (non-hydrogen) atoms. The maximum atomic E-state index is 12.1. The molecule has 0 saturated heterocycles. The quantitative estimate of drug-likeness (QED) is 0.851. The van der Waals surface area contributed by atoms with Crippen molar-refractivity contribution in [1.82, 2.24) is 15.2 Å². The molecule has 1 amide bonds. The molecule has 0 aliphatic heterocycles. The van der Waals surface area contributed by atoms with Crippen molar-refractivity contribution < 1.29 is 9.21 Å². The number of hydrogen-bond acceptors (Lipinski definition) is 5. The summed E-state index contributed by atoms with van der Waals surface area (Å²) in [5.74, 6) is 1.52. The maximum absolute atomic E-state index is 12.1. The Bertz CT molecular complexity index is 615. The summed E-state index contributed by atoms with van der Waals surface area (Å²) in [6.07, 6.45) is 4.50. The summed E-state index contributed by atoms with van der Waals surface area (Å²) in [6, 6.07) is 4.15. The van der Waals surface area contributed by atoms with Gasteiger partial charge in [0.2, 0.25) is 5.91 Å². The van der Waals surface area contributed by atoms with Crippen LogP contribution in [-0.4, -0.2) is 42.5 Å². The summed E-state index contributed by atoms with van der Waals surface area (Å²) < 4.78 is 5.32. The van der Waals surface area contributed by atoms with Crippen LogP contribution in [-0.2, 0) is 11.2 Å². The fourth-order valence-corrected chi connectivity index (χ4v) is 3.38. The van der Waals surface area contributed by atoms with Crippen LogP contribution < -0.4 is 5.32 Å². The van der Waals surface area contributed by atoms with Crippen LogP contribution in [0, 0.1) is 5.92 Å². The largest absolute Gasteiger partial charge is 0.462 e. The van der Waals surface area contributed by atoms with Gasteiger partial charge in [0, 0.05) is 18.0 Å². The van der Waals surface area contributed by atoms with E-state index >= 15 is 0 Å². The van der Waals surface area contributed by atoms with Gasteiger partial charge in [0.25, 0.3) is 0 Å². The van der Waals surface area contributed by atoms with Crippen LogP contribution in [0.4, 0.5) is 0 Å². The minimum Gasteiger partial charge on any atom is -0.462 e. The number of amides is 1. The average Bonchev–Trinajstić information content (AvgIpc) is 2.99. The van der Waals surface area contributed by atoms with Crippen LogP contribution in [0.15, 0.2) is 28.2 Å². The molecular weight excluding hydrogens is 298 g/mol. The van der Waals surface area contributed by atoms with E-state index in [0.29, 0.717) is 19.0 Å². The zero-order valence-corrected chi connectivity index (χ0v) is 13.7. The molecule has 0 bridgehead atoms. The van der Waals surface area contributed by atoms with Crippen molar-refractivity contribution in [3.8, 4) is 10.8 Å². The van der Waals surface area contributed by atoms with Crippen LogP contribution in [0.25, 0.3) is 10.8 Å². The first kappa shape index (κ1) is 15.2. The lowest BCUT2D eigenvalue weighted by molar-refractivity contribution is -0.120. The minimum atomic E-state index is 0.0313. The molecule has 1 N–H and O–H groups in total. The number of carbonyl (C=O) groups excluding carboxylic acids is 1. The second kappa shape index (κ2) is 6.62. The smallest absolute Gasteiger partial charge is 0.226 e. The molecule has 5 nitrogen and oxygen atoms in total. The van der Waals surface area contributed by atoms with E-state index in [0.717, 1.165) is 22.4 Å². The number of aromatic nitrogens is 1. The second-order valence-electron chi connectivity index (χ2n) is 5.97. The van der Waals surface area contributed by atoms with E-state index in [1.165, 1.54) is 24.2 Å². The second-order valence-corrected chi connectivity index (χ2v) is 6.83. The highest BCUT2D eigenvalue weighted by Gasteiger charge is 2.32. The maximum Gasteiger partial charge on any atom is 0.226 e. The van der Waals surface area contributed by atoms with Crippen LogP contribution in [0.5, 0.6) is 0 Å². The SMILES string of the molecule is CN(C)C(CNC(=O)Cc1csc(-c2ccco2)n1)C1CC1. The van der Waals surface area contributed by atoms with Crippen LogP contribution in [0.1, 0.15) is 18.5 Å². The van der Waals surface area contributed by atoms with Crippen molar-refractivity contribution in [3.05, 3.63) is 29.5 Å². The van der Waals surface area contributed by atoms with Gasteiger partial charge in [-0.1, -0.05) is 0 Å². The molecule has 3 rings (SSSR count). The molecule has 1 aliphatic rings. The van der Waals surface area contributed by atoms with E-state index in [4.69, 9.17) is 4.42 Å². The molecule has 1 saturated carbocycles. The van der Waals surface area contributed by atoms with E-state index in [-0.39, 0.29) is 5.91 Å². The van der Waals surface area contributed by atoms with E-state index in [9.17, 15) is 4.79 Å². The predicted octanol–water partition coefficient (Wildman–Crippen LogP) is 2.40. The first-order valence-electron chi connectivity index (χ1n) is 7.55. The molecule has 2 aromatic heterocycles. The summed E-state index contributed by atoms with van der Waals surface area (Å²) >= 11 is 1.50. The van der Waals surface area contributed by atoms with Gasteiger partial charge in [0.15, 0.2) is 10.8 Å². The van der Waals surface area contributed by atoms with Crippen molar-refractivity contribution in [2.24, 2.45) is 5.92 Å². The van der Waals surface area contributed by atoms with Gasteiger partial charge in [-0.3, -0.25) is 4.79 Å². The molecular formula is C16H21N3O2S. The number of hydrogen-bond donors (Lipinski definition) is 1. The Hall–Kier alpha value is -1.66. The Kier molecular flexibility index (Phi) is 4.59. The van der Waals surface area contributed by atoms with Crippen molar-refractivity contribution in [2.45, 2.75) is 25.3 Å². The molecule has 0 radical (unpaired) electrons. The fraction of sp³-hybridized carbons (Fsp3) is 0.500. The first-order chi connectivity index (χ1) is 10.6. The summed E-state index contributed by atoms with van der Waals surface area (Å²) in [5, 5.41) is 5.77. The van der Waals surface area contributed by atoms with Crippen LogP contribution in [0.3, 0.4) is 0 Å². The van der Waals surface area contributed by atoms with Crippen molar-refractivity contribution >= 4 is 17.2 Å². The average molecular weight is 319 g/mol. The third-order valence-corrected chi connectivity index (χ3v) is 4.87. The fourth-order valence-electron chi connectivity index (χ4n) is 2.60. The summed E-state index contributed by atoms with van der Waals surface area (Å²) in [7, 11) is 4.15. The number of nitrogens with one attached hydrogen (secondary N) is 1. The number of nitrogens with zero attached hydrogens (tertiary/aromatic N) is 2. The molecule has 6 heteroatoms. The number of rotatable bonds is 7. The number of carbonyl (C=O) groups is 1. The Morgan fingerprint density at radius 2 is 2.36 bits per heavy atom. The molecule has 0 spiro atoms. The molecule has 1 aliphatic carbocycles. The normalized spacial score (nSPS) is 16.0. The van der Waals surface area contributed by atoms with Gasteiger partial charge in [-0.15, -0.1) is 11.3 Å². The Morgan fingerprint density at radius 1 is 1.55 bits per heavy atom. The summed E-state index contributed by atoms with van der Waals surface area (Å²) in [4.78, 5) is 18.7. The standard InChI is InChI=1S/C16H21N3O2S/c1-19(2)13(11-5-6-11)9-17-15(20)8-12-10-22-16(18-12)14-4-3-7-21-14/h3-4,7,10-11,13H,5-6,8-9H2,1-2H3,(H,17,20). The number of furan rings is 1. The molecule has 1 atom stereocenters. The number of thiazole rings is 1. The topological polar surface area (TPSA) is 58.4 Å². The predicted molar refractivity (Wildman–Crippen MR) is 86.7 cm³/mol. The summed E-state index contributed by atoms with van der Waals surface area (Å²) in [5.41, 5.74) is 0.793. The zero-order chi connectivity index (χ0) is 15.5. The molecule has 1 unspecified atom stereocenters. The highest BCUT2D eigenvalue weighted by atomic mass is 32.1. The molecule has 2 aromatic rings. The van der Waals surface area contributed by atoms with Crippen LogP contribution >= 0.6 is 11.3 Å². The van der Waals surface area contributed by atoms with E-state index in [2.05, 4.69) is 29.3 Å². The molecule has 2 heterocycles. The van der Waals surface area contributed by atoms with E-state index in [1.54, 1.807) is 6.26 Å². The third-order valence-electron chi connectivity index (χ3n) is 3.96. The molecule has 1 fully saturated rings. The Morgan fingerprint density at radius 3 is 3.00 bits per heavy atom. The third kappa shape index (κ3) is 3.75. The van der Waals surface area contributed by atoms with Crippen LogP contribution in [0.2, 0.25) is 0 Å². The van der Waals surface area contributed by atoms with Gasteiger partial charge in [-0.25, -0.2) is 4.98 Å². The Balaban J connectivity index is 1.51. The van der Waals surface area contributed by atoms with Crippen molar-refractivity contribution in [2.75, 3.05) is 20.6 Å². The van der Waals surface area contributed by atoms with Gasteiger partial charge in [-0.2, -0.15) is 0 Å². The van der Waals surface area contributed by atoms with Gasteiger partial charge >= 0.3 is 0 Å². The van der Waals surface area contributed by atoms with Gasteiger partial charge in [0.05, 0.1) is 18.4 Å². The lowest BCUT2D eigenvalue weighted by atomic mass is 10.1. The minimum absolute atomic E-state index is 0.0313. The lowest BCUT2D eigenvalue weighted by Gasteiger charge is -2.24. The van der Waals surface area contributed by atoms with E-state index in [1.807, 2.05) is 17.5 Å². The van der Waals surface area contributed by atoms with E-state index < -0.39 is 0 Å². The molecule has 118 valence electrons. The highest BCUT2D eigenvalue weighted by Crippen LogP contribution is 2.34. The lowest BCUT2D eigenvalue weighted by Crippen LogP contribution is -2.42. The molecule has 0 aromatic carbocycles. The van der Waals surface area contributed by atoms with Gasteiger partial charge < -0.3 is 14.6 Å². The Labute approximate surface area is 134 Å². The highest BCUT2D eigenvalue weighted by molar-refractivity contribution is 7.13. The van der Waals surface area contributed by atoms with Gasteiger partial charge in [0.1, 0.15) is 0 Å². The number of likely N-dealkylation sites (N-methyl/N-ethyl adjacent to an activating group) is 1. The van der Waals surface area contributed by atoms with Crippen molar-refractivity contribution in [1.29, 1.82) is 0 Å². The summed E-state index contributed by atoms with van der Waals surface area (Å²) in [6.45, 7) is 0.714. The first-order valence-corrected chi connectivity index (χ1v) is 8.43. The van der Waals surface area contributed by atoms with Gasteiger partial charge in [-0.05, 0) is 45.0 Å². The monoisotopic (exact) mass is 319 g/mol.